The number of nitrogens with one attached hydrogen (secondary N) is 1. The van der Waals surface area contributed by atoms with Gasteiger partial charge in [0.05, 0.1) is 6.07 Å². The fourth-order valence-corrected chi connectivity index (χ4v) is 0.923. The second kappa shape index (κ2) is 3.90. The zero-order valence-electron chi connectivity index (χ0n) is 5.44. The average molecular weight is 178 g/mol. The van der Waals surface area contributed by atoms with Gasteiger partial charge in [-0.25, -0.2) is 13.1 Å². The first-order valence-corrected chi connectivity index (χ1v) is 4.19. The first-order chi connectivity index (χ1) is 4.98. The van der Waals surface area contributed by atoms with Crippen molar-refractivity contribution in [3.05, 3.63) is 0 Å². The number of hydrogen-bond acceptors (Lipinski definition) is 4. The molecular weight excluding hydrogens is 172 g/mol. The van der Waals surface area contributed by atoms with Gasteiger partial charge >= 0.3 is 5.97 Å². The highest BCUT2D eigenvalue weighted by molar-refractivity contribution is 7.89. The van der Waals surface area contributed by atoms with Gasteiger partial charge in [-0.3, -0.25) is 4.79 Å². The van der Waals surface area contributed by atoms with E-state index in [1.54, 1.807) is 4.72 Å². The molecule has 0 heterocycles. The first kappa shape index (κ1) is 9.87. The monoisotopic (exact) mass is 178 g/mol. The molecule has 11 heavy (non-hydrogen) atoms. The number of carbonyl (C=O) groups is 1. The maximum atomic E-state index is 10.5. The Morgan fingerprint density at radius 1 is 1.64 bits per heavy atom. The third-order valence-corrected chi connectivity index (χ3v) is 1.79. The van der Waals surface area contributed by atoms with Gasteiger partial charge < -0.3 is 5.11 Å². The smallest absolute Gasteiger partial charge is 0.318 e. The zero-order valence-corrected chi connectivity index (χ0v) is 6.26. The summed E-state index contributed by atoms with van der Waals surface area (Å²) in [6.45, 7) is -0.690. The van der Waals surface area contributed by atoms with Crippen molar-refractivity contribution in [3.8, 4) is 6.07 Å². The number of nitriles is 1. The number of rotatable bonds is 4. The summed E-state index contributed by atoms with van der Waals surface area (Å²) >= 11 is 0. The van der Waals surface area contributed by atoms with Crippen LogP contribution in [0.4, 0.5) is 0 Å². The predicted molar refractivity (Wildman–Crippen MR) is 35.0 cm³/mol. The summed E-state index contributed by atoms with van der Waals surface area (Å²) in [5, 5.41) is 16.0. The fraction of sp³-hybridized carbons (Fsp3) is 0.500. The molecule has 0 radical (unpaired) electrons. The zero-order chi connectivity index (χ0) is 8.91. The Hall–Kier alpha value is -1.13. The number of carboxylic acid groups (broad SMARTS) is 1. The molecule has 2 N–H and O–H groups in total. The van der Waals surface area contributed by atoms with Gasteiger partial charge in [0.1, 0.15) is 6.54 Å². The molecule has 0 rings (SSSR count). The Kier molecular flexibility index (Phi) is 3.50. The molecule has 0 atom stereocenters. The number of carboxylic acids is 1. The van der Waals surface area contributed by atoms with Crippen molar-refractivity contribution >= 4 is 16.0 Å². The highest BCUT2D eigenvalue weighted by Crippen LogP contribution is 1.79. The van der Waals surface area contributed by atoms with Crippen LogP contribution < -0.4 is 4.72 Å². The van der Waals surface area contributed by atoms with E-state index >= 15 is 0 Å². The van der Waals surface area contributed by atoms with Gasteiger partial charge in [0, 0.05) is 0 Å². The summed E-state index contributed by atoms with van der Waals surface area (Å²) in [5.41, 5.74) is 0. The maximum absolute atomic E-state index is 10.5. The number of sulfonamides is 1. The van der Waals surface area contributed by atoms with Gasteiger partial charge in [-0.05, 0) is 0 Å². The molecule has 0 aliphatic carbocycles. The standard InChI is InChI=1S/C4H6N2O4S/c5-1-2-11(9,10)6-3-4(7)8/h6H,2-3H2,(H,7,8). The maximum Gasteiger partial charge on any atom is 0.318 e. The summed E-state index contributed by atoms with van der Waals surface area (Å²) in [7, 11) is -3.72. The van der Waals surface area contributed by atoms with E-state index in [2.05, 4.69) is 0 Å². The molecule has 0 spiro atoms. The molecule has 0 aliphatic rings. The van der Waals surface area contributed by atoms with E-state index < -0.39 is 28.3 Å². The Morgan fingerprint density at radius 2 is 2.18 bits per heavy atom. The summed E-state index contributed by atoms with van der Waals surface area (Å²) in [4.78, 5) is 9.84. The Morgan fingerprint density at radius 3 is 2.55 bits per heavy atom. The van der Waals surface area contributed by atoms with Gasteiger partial charge in [0.25, 0.3) is 0 Å². The molecular formula is C4H6N2O4S. The van der Waals surface area contributed by atoms with Gasteiger partial charge in [0.2, 0.25) is 10.0 Å². The van der Waals surface area contributed by atoms with Crippen LogP contribution in [-0.2, 0) is 14.8 Å². The van der Waals surface area contributed by atoms with E-state index in [0.717, 1.165) is 0 Å². The minimum absolute atomic E-state index is 0.690. The third-order valence-electron chi connectivity index (χ3n) is 0.698. The van der Waals surface area contributed by atoms with Crippen LogP contribution in [0.2, 0.25) is 0 Å². The van der Waals surface area contributed by atoms with Gasteiger partial charge in [0.15, 0.2) is 5.75 Å². The second-order valence-electron chi connectivity index (χ2n) is 1.63. The van der Waals surface area contributed by atoms with Crippen LogP contribution in [-0.4, -0.2) is 31.8 Å². The number of aliphatic carboxylic acids is 1. The molecule has 0 saturated carbocycles. The molecule has 0 aromatic heterocycles. The molecule has 6 nitrogen and oxygen atoms in total. The lowest BCUT2D eigenvalue weighted by Gasteiger charge is -1.97. The van der Waals surface area contributed by atoms with Crippen molar-refractivity contribution in [1.29, 1.82) is 5.26 Å². The lowest BCUT2D eigenvalue weighted by molar-refractivity contribution is -0.135. The normalized spacial score (nSPS) is 10.5. The molecule has 0 amide bonds. The molecule has 0 saturated heterocycles. The van der Waals surface area contributed by atoms with Gasteiger partial charge in [-0.15, -0.1) is 0 Å². The molecule has 0 fully saturated rings. The minimum atomic E-state index is -3.72. The molecule has 0 aromatic carbocycles. The lowest BCUT2D eigenvalue weighted by Crippen LogP contribution is -2.30. The van der Waals surface area contributed by atoms with Crippen LogP contribution in [0.25, 0.3) is 0 Å². The van der Waals surface area contributed by atoms with E-state index in [1.165, 1.54) is 6.07 Å². The summed E-state index contributed by atoms with van der Waals surface area (Å²) in [6.07, 6.45) is 0. The number of hydrogen-bond donors (Lipinski definition) is 2. The van der Waals surface area contributed by atoms with E-state index in [-0.39, 0.29) is 0 Å². The molecule has 7 heteroatoms. The van der Waals surface area contributed by atoms with E-state index in [4.69, 9.17) is 10.4 Å². The minimum Gasteiger partial charge on any atom is -0.480 e. The fourth-order valence-electron chi connectivity index (χ4n) is 0.308. The van der Waals surface area contributed by atoms with Crippen LogP contribution in [0.3, 0.4) is 0 Å². The predicted octanol–water partition coefficient (Wildman–Crippen LogP) is -1.49. The second-order valence-corrected chi connectivity index (χ2v) is 3.44. The van der Waals surface area contributed by atoms with Crippen molar-refractivity contribution in [3.63, 3.8) is 0 Å². The molecule has 0 unspecified atom stereocenters. The van der Waals surface area contributed by atoms with Crippen LogP contribution in [0.1, 0.15) is 0 Å². The van der Waals surface area contributed by atoms with Crippen molar-refractivity contribution in [2.45, 2.75) is 0 Å². The van der Waals surface area contributed by atoms with Crippen molar-refractivity contribution in [2.75, 3.05) is 12.3 Å². The van der Waals surface area contributed by atoms with Crippen LogP contribution in [0.15, 0.2) is 0 Å². The van der Waals surface area contributed by atoms with Crippen molar-refractivity contribution in [1.82, 2.24) is 4.72 Å². The van der Waals surface area contributed by atoms with E-state index in [1.807, 2.05) is 0 Å². The van der Waals surface area contributed by atoms with Crippen LogP contribution in [0, 0.1) is 11.3 Å². The van der Waals surface area contributed by atoms with Gasteiger partial charge in [-0.1, -0.05) is 0 Å². The highest BCUT2D eigenvalue weighted by Gasteiger charge is 2.09. The lowest BCUT2D eigenvalue weighted by atomic mass is 10.7. The SMILES string of the molecule is N#CCS(=O)(=O)NCC(=O)O. The van der Waals surface area contributed by atoms with E-state index in [0.29, 0.717) is 0 Å². The average Bonchev–Trinajstić information content (AvgIpc) is 1.84. The molecule has 0 bridgehead atoms. The van der Waals surface area contributed by atoms with Crippen LogP contribution in [0.5, 0.6) is 0 Å². The summed E-state index contributed by atoms with van der Waals surface area (Å²) in [5.74, 6) is -2.01. The molecule has 0 aliphatic heterocycles. The number of nitrogens with zero attached hydrogens (tertiary/aromatic N) is 1. The van der Waals surface area contributed by atoms with Crippen molar-refractivity contribution < 1.29 is 18.3 Å². The Balaban J connectivity index is 3.96. The quantitative estimate of drug-likeness (QED) is 0.545. The topological polar surface area (TPSA) is 107 Å². The van der Waals surface area contributed by atoms with Crippen molar-refractivity contribution in [2.24, 2.45) is 0 Å². The first-order valence-electron chi connectivity index (χ1n) is 2.54. The highest BCUT2D eigenvalue weighted by atomic mass is 32.2. The third kappa shape index (κ3) is 5.32. The molecule has 62 valence electrons. The Labute approximate surface area is 63.5 Å². The summed E-state index contributed by atoms with van der Waals surface area (Å²) < 4.78 is 22.8. The Bertz CT molecular complexity index is 275. The van der Waals surface area contributed by atoms with Gasteiger partial charge in [-0.2, -0.15) is 5.26 Å². The van der Waals surface area contributed by atoms with E-state index in [9.17, 15) is 13.2 Å². The summed E-state index contributed by atoms with van der Waals surface area (Å²) in [6, 6.07) is 1.39. The molecule has 0 aromatic rings. The van der Waals surface area contributed by atoms with Crippen LogP contribution >= 0.6 is 0 Å². The largest absolute Gasteiger partial charge is 0.480 e.